The van der Waals surface area contributed by atoms with Crippen molar-refractivity contribution in [1.29, 1.82) is 0 Å². The Kier molecular flexibility index (Phi) is 6.52. The van der Waals surface area contributed by atoms with Crippen LogP contribution in [0.2, 0.25) is 18.1 Å². The van der Waals surface area contributed by atoms with E-state index in [1.54, 1.807) is 0 Å². The zero-order valence-corrected chi connectivity index (χ0v) is 27.6. The highest BCUT2D eigenvalue weighted by Gasteiger charge is 2.78. The molecule has 0 amide bonds. The fraction of sp³-hybridized carbons (Fsp3) is 0.912. The number of hydrogen-bond donors (Lipinski definition) is 0. The summed E-state index contributed by atoms with van der Waals surface area (Å²) in [6, 6.07) is 0. The number of carbonyl (C=O) groups is 1. The molecule has 1 heterocycles. The van der Waals surface area contributed by atoms with Gasteiger partial charge < -0.3 is 13.9 Å². The SMILES string of the molecule is CO[C@@H]1C[C@H]2[C@@H]3C[C@@H]4OC(=O)[C@H](C=C(C)C)[C@@H](C)[C@@H]4[C@@]3(CO[Si](C)(C)C(C)(C)C)CC[C@@H]2[C@@]2(C)CC[C@@H]3C[C@]312. The minimum atomic E-state index is -1.94. The average molecular weight is 557 g/mol. The van der Waals surface area contributed by atoms with Gasteiger partial charge in [0.2, 0.25) is 0 Å². The predicted octanol–water partition coefficient (Wildman–Crippen LogP) is 8.03. The number of rotatable bonds is 5. The highest BCUT2D eigenvalue weighted by molar-refractivity contribution is 6.74. The van der Waals surface area contributed by atoms with Gasteiger partial charge >= 0.3 is 5.97 Å². The minimum Gasteiger partial charge on any atom is -0.462 e. The number of ether oxygens (including phenoxy) is 2. The van der Waals surface area contributed by atoms with Crippen LogP contribution >= 0.6 is 0 Å². The molecule has 6 fully saturated rings. The van der Waals surface area contributed by atoms with Crippen molar-refractivity contribution in [3.63, 3.8) is 0 Å². The quantitative estimate of drug-likeness (QED) is 0.195. The second-order valence-corrected chi connectivity index (χ2v) is 21.7. The van der Waals surface area contributed by atoms with Crippen molar-refractivity contribution in [1.82, 2.24) is 0 Å². The van der Waals surface area contributed by atoms with E-state index in [-0.39, 0.29) is 34.4 Å². The summed E-state index contributed by atoms with van der Waals surface area (Å²) in [7, 11) is 0.0399. The summed E-state index contributed by atoms with van der Waals surface area (Å²) in [5.74, 6) is 3.34. The van der Waals surface area contributed by atoms with E-state index in [9.17, 15) is 4.79 Å². The van der Waals surface area contributed by atoms with Crippen LogP contribution in [-0.2, 0) is 18.7 Å². The smallest absolute Gasteiger partial charge is 0.313 e. The fourth-order valence-corrected chi connectivity index (χ4v) is 12.5. The molecule has 39 heavy (non-hydrogen) atoms. The van der Waals surface area contributed by atoms with Crippen LogP contribution in [0.5, 0.6) is 0 Å². The van der Waals surface area contributed by atoms with Crippen molar-refractivity contribution < 1.29 is 18.7 Å². The Morgan fingerprint density at radius 1 is 1.13 bits per heavy atom. The number of methoxy groups -OCH3 is 1. The van der Waals surface area contributed by atoms with Crippen LogP contribution < -0.4 is 0 Å². The zero-order valence-electron chi connectivity index (χ0n) is 26.6. The summed E-state index contributed by atoms with van der Waals surface area (Å²) in [4.78, 5) is 13.4. The summed E-state index contributed by atoms with van der Waals surface area (Å²) in [6.45, 7) is 22.0. The third-order valence-corrected chi connectivity index (χ3v) is 18.8. The topological polar surface area (TPSA) is 44.8 Å². The van der Waals surface area contributed by atoms with Gasteiger partial charge in [-0.3, -0.25) is 4.79 Å². The largest absolute Gasteiger partial charge is 0.462 e. The van der Waals surface area contributed by atoms with Crippen LogP contribution in [0.15, 0.2) is 11.6 Å². The molecule has 0 aromatic rings. The number of esters is 1. The average Bonchev–Trinajstić information content (AvgIpc) is 3.37. The lowest BCUT2D eigenvalue weighted by atomic mass is 9.44. The number of allylic oxidation sites excluding steroid dienone is 1. The Bertz CT molecular complexity index is 1040. The Morgan fingerprint density at radius 3 is 2.46 bits per heavy atom. The van der Waals surface area contributed by atoms with E-state index in [1.165, 1.54) is 44.1 Å². The van der Waals surface area contributed by atoms with Crippen LogP contribution in [0.25, 0.3) is 0 Å². The van der Waals surface area contributed by atoms with Crippen molar-refractivity contribution in [3.8, 4) is 0 Å². The minimum absolute atomic E-state index is 0.00144. The van der Waals surface area contributed by atoms with Crippen molar-refractivity contribution in [2.45, 2.75) is 124 Å². The van der Waals surface area contributed by atoms with Crippen molar-refractivity contribution in [2.24, 2.45) is 57.7 Å². The van der Waals surface area contributed by atoms with Crippen LogP contribution in [-0.4, -0.2) is 40.2 Å². The monoisotopic (exact) mass is 556 g/mol. The maximum atomic E-state index is 13.4. The molecule has 4 nitrogen and oxygen atoms in total. The molecular weight excluding hydrogens is 500 g/mol. The molecule has 220 valence electrons. The summed E-state index contributed by atoms with van der Waals surface area (Å²) in [5, 5.41) is 0.181. The van der Waals surface area contributed by atoms with Gasteiger partial charge in [-0.15, -0.1) is 0 Å². The van der Waals surface area contributed by atoms with Gasteiger partial charge in [0.05, 0.1) is 12.0 Å². The van der Waals surface area contributed by atoms with Crippen molar-refractivity contribution in [2.75, 3.05) is 13.7 Å². The second kappa shape index (κ2) is 8.93. The Balaban J connectivity index is 1.40. The molecule has 0 unspecified atom stereocenters. The van der Waals surface area contributed by atoms with E-state index in [1.807, 2.05) is 7.11 Å². The van der Waals surface area contributed by atoms with E-state index in [0.717, 1.165) is 24.9 Å². The second-order valence-electron chi connectivity index (χ2n) is 16.9. The zero-order chi connectivity index (χ0) is 28.3. The Labute approximate surface area is 239 Å². The lowest BCUT2D eigenvalue weighted by Gasteiger charge is -2.62. The van der Waals surface area contributed by atoms with Gasteiger partial charge in [0.25, 0.3) is 0 Å². The third-order valence-electron chi connectivity index (χ3n) is 14.3. The van der Waals surface area contributed by atoms with E-state index >= 15 is 0 Å². The first-order valence-corrected chi connectivity index (χ1v) is 19.1. The van der Waals surface area contributed by atoms with Gasteiger partial charge in [0, 0.05) is 30.5 Å². The van der Waals surface area contributed by atoms with E-state index in [4.69, 9.17) is 13.9 Å². The number of fused-ring (bicyclic) bond motifs is 6. The first kappa shape index (κ1) is 28.5. The first-order valence-electron chi connectivity index (χ1n) is 16.2. The molecule has 1 saturated heterocycles. The van der Waals surface area contributed by atoms with Gasteiger partial charge in [0.1, 0.15) is 6.10 Å². The normalized spacial score (nSPS) is 50.2. The van der Waals surface area contributed by atoms with Crippen molar-refractivity contribution >= 4 is 14.3 Å². The summed E-state index contributed by atoms with van der Waals surface area (Å²) < 4.78 is 20.0. The Morgan fingerprint density at radius 2 is 1.85 bits per heavy atom. The van der Waals surface area contributed by atoms with E-state index < -0.39 is 8.32 Å². The molecule has 0 bridgehead atoms. The fourth-order valence-electron chi connectivity index (χ4n) is 11.4. The molecule has 6 rings (SSSR count). The van der Waals surface area contributed by atoms with Crippen LogP contribution in [0.4, 0.5) is 0 Å². The third kappa shape index (κ3) is 3.76. The van der Waals surface area contributed by atoms with Gasteiger partial charge in [0.15, 0.2) is 8.32 Å². The molecule has 6 aliphatic rings. The molecule has 5 aliphatic carbocycles. The molecule has 0 N–H and O–H groups in total. The molecule has 0 aromatic heterocycles. The molecule has 0 aromatic carbocycles. The van der Waals surface area contributed by atoms with Gasteiger partial charge in [-0.1, -0.05) is 46.3 Å². The Hall–Kier alpha value is -0.653. The maximum Gasteiger partial charge on any atom is 0.313 e. The summed E-state index contributed by atoms with van der Waals surface area (Å²) in [6.07, 6.45) is 11.5. The molecular formula is C34H56O4Si. The lowest BCUT2D eigenvalue weighted by Crippen LogP contribution is -2.59. The molecule has 1 spiro atoms. The van der Waals surface area contributed by atoms with Gasteiger partial charge in [-0.25, -0.2) is 0 Å². The van der Waals surface area contributed by atoms with E-state index in [2.05, 4.69) is 67.6 Å². The first-order chi connectivity index (χ1) is 18.1. The molecule has 1 aliphatic heterocycles. The summed E-state index contributed by atoms with van der Waals surface area (Å²) >= 11 is 0. The molecule has 0 radical (unpaired) electrons. The highest BCUT2D eigenvalue weighted by atomic mass is 28.4. The molecule has 5 heteroatoms. The summed E-state index contributed by atoms with van der Waals surface area (Å²) in [5.41, 5.74) is 2.12. The number of carbonyl (C=O) groups excluding carboxylic acids is 1. The van der Waals surface area contributed by atoms with Gasteiger partial charge in [-0.2, -0.15) is 0 Å². The van der Waals surface area contributed by atoms with Gasteiger partial charge in [-0.05, 0) is 112 Å². The molecule has 5 saturated carbocycles. The lowest BCUT2D eigenvalue weighted by molar-refractivity contribution is -0.182. The number of hydrogen-bond acceptors (Lipinski definition) is 4. The standard InChI is InChI=1S/C34H56O4Si/c1-20(2)15-23-21(3)29-27(38-30(23)35)17-26-24-16-28(36-8)34-18-22(34)11-13-32(34,7)25(24)12-14-33(26,29)19-37-39(9,10)31(4,5)6/h15,21-29H,11-14,16-19H2,1-10H3/t21-,22-,23-,24-,25+,26+,27+,28-,29+,32-,33-,34+/m1/s1. The maximum absolute atomic E-state index is 13.4. The highest BCUT2D eigenvalue weighted by Crippen LogP contribution is 2.82. The predicted molar refractivity (Wildman–Crippen MR) is 159 cm³/mol. The van der Waals surface area contributed by atoms with E-state index in [0.29, 0.717) is 34.7 Å². The van der Waals surface area contributed by atoms with Crippen LogP contribution in [0, 0.1) is 57.7 Å². The van der Waals surface area contributed by atoms with Crippen molar-refractivity contribution in [3.05, 3.63) is 11.6 Å². The molecule has 12 atom stereocenters. The van der Waals surface area contributed by atoms with Crippen LogP contribution in [0.3, 0.4) is 0 Å². The van der Waals surface area contributed by atoms with Crippen LogP contribution in [0.1, 0.15) is 93.4 Å².